The Labute approximate surface area is 197 Å². The minimum Gasteiger partial charge on any atom is -0.322 e. The number of nitrogens with zero attached hydrogens (tertiary/aromatic N) is 1. The highest BCUT2D eigenvalue weighted by molar-refractivity contribution is 6.35. The minimum absolute atomic E-state index is 0.0412. The van der Waals surface area contributed by atoms with E-state index < -0.39 is 35.6 Å². The highest BCUT2D eigenvalue weighted by atomic mass is 35.5. The second kappa shape index (κ2) is 8.83. The Balaban J connectivity index is 1.44. The van der Waals surface area contributed by atoms with Gasteiger partial charge in [-0.25, -0.2) is 0 Å². The van der Waals surface area contributed by atoms with E-state index in [-0.39, 0.29) is 47.7 Å². The number of imide groups is 1. The molecule has 1 saturated heterocycles. The molecule has 0 aliphatic carbocycles. The van der Waals surface area contributed by atoms with Gasteiger partial charge in [-0.05, 0) is 48.2 Å². The van der Waals surface area contributed by atoms with Crippen LogP contribution in [0.3, 0.4) is 0 Å². The third kappa shape index (κ3) is 4.50. The monoisotopic (exact) mass is 494 g/mol. The second-order valence-corrected chi connectivity index (χ2v) is 8.86. The van der Waals surface area contributed by atoms with Crippen LogP contribution in [-0.4, -0.2) is 34.4 Å². The molecule has 0 spiro atoms. The number of rotatable bonds is 6. The molecule has 2 aromatic carbocycles. The first kappa shape index (κ1) is 23.3. The summed E-state index contributed by atoms with van der Waals surface area (Å²) < 4.78 is 29.3. The first-order chi connectivity index (χ1) is 15.6. The molecule has 0 saturated carbocycles. The van der Waals surface area contributed by atoms with Gasteiger partial charge in [0.25, 0.3) is 5.91 Å². The smallest absolute Gasteiger partial charge is 0.322 e. The van der Waals surface area contributed by atoms with Gasteiger partial charge in [0, 0.05) is 35.5 Å². The number of carbonyl (C=O) groups is 4. The maximum atomic E-state index is 14.6. The van der Waals surface area contributed by atoms with E-state index in [1.807, 2.05) is 0 Å². The number of fused-ring (bicyclic) bond motifs is 1. The molecule has 33 heavy (non-hydrogen) atoms. The molecule has 0 bridgehead atoms. The largest absolute Gasteiger partial charge is 0.331 e. The molecule has 0 aromatic heterocycles. The van der Waals surface area contributed by atoms with E-state index in [9.17, 15) is 28.0 Å². The van der Waals surface area contributed by atoms with Gasteiger partial charge in [-0.1, -0.05) is 35.3 Å². The Bertz CT molecular complexity index is 1190. The van der Waals surface area contributed by atoms with E-state index in [1.54, 1.807) is 18.2 Å². The van der Waals surface area contributed by atoms with Crippen molar-refractivity contribution in [1.29, 1.82) is 0 Å². The summed E-state index contributed by atoms with van der Waals surface area (Å²) in [5.41, 5.74) is 1.06. The van der Waals surface area contributed by atoms with Crippen LogP contribution in [0, 0.1) is 0 Å². The van der Waals surface area contributed by atoms with Crippen molar-refractivity contribution in [2.24, 2.45) is 0 Å². The van der Waals surface area contributed by atoms with Crippen LogP contribution in [0.25, 0.3) is 0 Å². The van der Waals surface area contributed by atoms with Crippen LogP contribution in [0.15, 0.2) is 36.4 Å². The van der Waals surface area contributed by atoms with Crippen LogP contribution in [0.2, 0.25) is 10.0 Å². The summed E-state index contributed by atoms with van der Waals surface area (Å²) in [7, 11) is 0. The predicted molar refractivity (Wildman–Crippen MR) is 116 cm³/mol. The lowest BCUT2D eigenvalue weighted by Gasteiger charge is -2.29. The Kier molecular flexibility index (Phi) is 6.24. The number of halogens is 4. The summed E-state index contributed by atoms with van der Waals surface area (Å²) in [6, 6.07) is 7.55. The van der Waals surface area contributed by atoms with Crippen molar-refractivity contribution in [2.45, 2.75) is 44.2 Å². The van der Waals surface area contributed by atoms with Gasteiger partial charge in [-0.15, -0.1) is 0 Å². The van der Waals surface area contributed by atoms with Crippen molar-refractivity contribution in [2.75, 3.05) is 0 Å². The van der Waals surface area contributed by atoms with Gasteiger partial charge in [0.1, 0.15) is 6.04 Å². The summed E-state index contributed by atoms with van der Waals surface area (Å²) in [5.74, 6) is -6.26. The van der Waals surface area contributed by atoms with Gasteiger partial charge in [0.2, 0.25) is 17.6 Å². The zero-order chi connectivity index (χ0) is 23.9. The molecule has 172 valence electrons. The molecule has 4 rings (SSSR count). The van der Waals surface area contributed by atoms with Gasteiger partial charge in [0.05, 0.1) is 5.02 Å². The van der Waals surface area contributed by atoms with Crippen LogP contribution in [-0.2, 0) is 33.3 Å². The first-order valence-electron chi connectivity index (χ1n) is 10.2. The number of aryl methyl sites for hydroxylation is 1. The van der Waals surface area contributed by atoms with Gasteiger partial charge >= 0.3 is 5.92 Å². The second-order valence-electron chi connectivity index (χ2n) is 8.01. The Morgan fingerprint density at radius 2 is 1.88 bits per heavy atom. The van der Waals surface area contributed by atoms with E-state index in [1.165, 1.54) is 11.0 Å². The third-order valence-corrected chi connectivity index (χ3v) is 6.40. The highest BCUT2D eigenvalue weighted by Gasteiger charge is 2.42. The first-order valence-corrected chi connectivity index (χ1v) is 11.0. The fourth-order valence-electron chi connectivity index (χ4n) is 4.09. The van der Waals surface area contributed by atoms with Crippen LogP contribution < -0.4 is 5.32 Å². The van der Waals surface area contributed by atoms with E-state index >= 15 is 0 Å². The van der Waals surface area contributed by atoms with Crippen molar-refractivity contribution >= 4 is 46.7 Å². The molecule has 1 fully saturated rings. The number of piperidine rings is 1. The topological polar surface area (TPSA) is 83.6 Å². The predicted octanol–water partition coefficient (Wildman–Crippen LogP) is 4.05. The Hall–Kier alpha value is -2.84. The average Bonchev–Trinajstić information content (AvgIpc) is 3.07. The number of Topliss-reactive ketones (excluding diaryl/α,β-unsaturated/α-hetero) is 1. The number of carbonyl (C=O) groups excluding carboxylic acids is 4. The van der Waals surface area contributed by atoms with Crippen molar-refractivity contribution in [3.8, 4) is 0 Å². The maximum Gasteiger partial charge on any atom is 0.331 e. The van der Waals surface area contributed by atoms with E-state index in [0.29, 0.717) is 16.7 Å². The highest BCUT2D eigenvalue weighted by Crippen LogP contribution is 2.37. The fourth-order valence-corrected chi connectivity index (χ4v) is 4.62. The van der Waals surface area contributed by atoms with Crippen molar-refractivity contribution in [1.82, 2.24) is 10.2 Å². The number of hydrogen-bond acceptors (Lipinski definition) is 4. The van der Waals surface area contributed by atoms with E-state index in [0.717, 1.165) is 12.1 Å². The third-order valence-electron chi connectivity index (χ3n) is 5.85. The zero-order valence-electron chi connectivity index (χ0n) is 17.2. The number of amides is 3. The summed E-state index contributed by atoms with van der Waals surface area (Å²) >= 11 is 11.6. The summed E-state index contributed by atoms with van der Waals surface area (Å²) in [6.45, 7) is 0.165. The summed E-state index contributed by atoms with van der Waals surface area (Å²) in [4.78, 5) is 49.9. The molecular weight excluding hydrogens is 477 g/mol. The fraction of sp³-hybridized carbons (Fsp3) is 0.304. The number of ketones is 1. The van der Waals surface area contributed by atoms with Crippen LogP contribution in [0.4, 0.5) is 8.78 Å². The van der Waals surface area contributed by atoms with E-state index in [2.05, 4.69) is 5.32 Å². The molecule has 10 heteroatoms. The maximum absolute atomic E-state index is 14.6. The normalized spacial score (nSPS) is 18.4. The molecule has 1 atom stereocenters. The van der Waals surface area contributed by atoms with Crippen molar-refractivity contribution < 1.29 is 28.0 Å². The Morgan fingerprint density at radius 1 is 1.12 bits per heavy atom. The van der Waals surface area contributed by atoms with Gasteiger partial charge < -0.3 is 4.90 Å². The summed E-state index contributed by atoms with van der Waals surface area (Å²) in [5, 5.41) is 2.13. The lowest BCUT2D eigenvalue weighted by molar-refractivity contribution is -0.144. The summed E-state index contributed by atoms with van der Waals surface area (Å²) in [6.07, 6.45) is -0.00109. The lowest BCUT2D eigenvalue weighted by atomic mass is 9.97. The molecule has 2 aliphatic rings. The lowest BCUT2D eigenvalue weighted by Crippen LogP contribution is -2.52. The average molecular weight is 495 g/mol. The molecule has 1 N–H and O–H groups in total. The zero-order valence-corrected chi connectivity index (χ0v) is 18.7. The molecule has 2 heterocycles. The molecule has 0 radical (unpaired) electrons. The van der Waals surface area contributed by atoms with Gasteiger partial charge in [-0.3, -0.25) is 24.5 Å². The number of hydrogen-bond donors (Lipinski definition) is 1. The van der Waals surface area contributed by atoms with Crippen LogP contribution >= 0.6 is 23.2 Å². The number of alkyl halides is 2. The van der Waals surface area contributed by atoms with Crippen molar-refractivity contribution in [3.63, 3.8) is 0 Å². The molecule has 3 amide bonds. The minimum atomic E-state index is -3.77. The van der Waals surface area contributed by atoms with Crippen LogP contribution in [0.5, 0.6) is 0 Å². The SMILES string of the molecule is O=C1CCC(N2Cc3cc(CCC(=O)C(F)(F)c4ccc(Cl)cc4Cl)ccc3C2=O)C(=O)N1. The quantitative estimate of drug-likeness (QED) is 0.614. The molecular formula is C23H18Cl2F2N2O4. The van der Waals surface area contributed by atoms with Crippen molar-refractivity contribution in [3.05, 3.63) is 68.7 Å². The Morgan fingerprint density at radius 3 is 2.58 bits per heavy atom. The molecule has 2 aromatic rings. The molecule has 2 aliphatic heterocycles. The molecule has 1 unspecified atom stereocenters. The van der Waals surface area contributed by atoms with E-state index in [4.69, 9.17) is 23.2 Å². The standard InChI is InChI=1S/C23H18Cl2F2N2O4/c24-14-3-5-16(17(25)10-14)23(26,27)19(30)7-2-12-1-4-15-13(9-12)11-29(22(15)33)18-6-8-20(31)28-21(18)32/h1,3-5,9-10,18H,2,6-8,11H2,(H,28,31,32). The van der Waals surface area contributed by atoms with Gasteiger partial charge in [-0.2, -0.15) is 8.78 Å². The van der Waals surface area contributed by atoms with Crippen LogP contribution in [0.1, 0.15) is 46.3 Å². The molecule has 6 nitrogen and oxygen atoms in total. The number of nitrogens with one attached hydrogen (secondary N) is 1. The number of benzene rings is 2. The van der Waals surface area contributed by atoms with Gasteiger partial charge in [0.15, 0.2) is 0 Å².